The summed E-state index contributed by atoms with van der Waals surface area (Å²) in [7, 11) is 0. The molecule has 20 heavy (non-hydrogen) atoms. The Kier molecular flexibility index (Phi) is 4.86. The lowest BCUT2D eigenvalue weighted by molar-refractivity contribution is -0.137. The maximum Gasteiger partial charge on any atom is 0.163 e. The molecule has 5 heteroatoms. The highest BCUT2D eigenvalue weighted by Crippen LogP contribution is 2.29. The summed E-state index contributed by atoms with van der Waals surface area (Å²) >= 11 is 0. The van der Waals surface area contributed by atoms with E-state index in [0.29, 0.717) is 32.1 Å². The first kappa shape index (κ1) is 15.1. The molecule has 0 spiro atoms. The lowest BCUT2D eigenvalue weighted by Gasteiger charge is -2.17. The fourth-order valence-electron chi connectivity index (χ4n) is 2.21. The first-order valence-electron chi connectivity index (χ1n) is 6.98. The normalized spacial score (nSPS) is 21.1. The molecular formula is C15H23NO4. The Hall–Kier alpha value is -1.30. The molecule has 1 saturated heterocycles. The fourth-order valence-corrected chi connectivity index (χ4v) is 2.21. The van der Waals surface area contributed by atoms with Gasteiger partial charge in [-0.25, -0.2) is 0 Å². The molecule has 2 rings (SSSR count). The summed E-state index contributed by atoms with van der Waals surface area (Å²) in [6, 6.07) is 5.51. The Labute approximate surface area is 119 Å². The zero-order chi connectivity index (χ0) is 14.6. The first-order valence-corrected chi connectivity index (χ1v) is 6.98. The Morgan fingerprint density at radius 3 is 2.90 bits per heavy atom. The minimum atomic E-state index is -0.497. The van der Waals surface area contributed by atoms with Crippen LogP contribution in [0, 0.1) is 0 Å². The maximum atomic E-state index is 10.1. The van der Waals surface area contributed by atoms with Gasteiger partial charge >= 0.3 is 0 Å². The van der Waals surface area contributed by atoms with E-state index in [2.05, 4.69) is 5.32 Å². The molecule has 1 aliphatic rings. The number of aromatic hydroxyl groups is 1. The molecule has 1 unspecified atom stereocenters. The van der Waals surface area contributed by atoms with Crippen molar-refractivity contribution in [2.24, 2.45) is 0 Å². The van der Waals surface area contributed by atoms with Gasteiger partial charge in [-0.2, -0.15) is 0 Å². The van der Waals surface area contributed by atoms with E-state index in [1.165, 1.54) is 0 Å². The number of rotatable bonds is 6. The SMILES string of the molecule is CCOc1cccc(CNCC2COC(C)(C)O2)c1O. The van der Waals surface area contributed by atoms with Crippen molar-refractivity contribution in [2.45, 2.75) is 39.2 Å². The van der Waals surface area contributed by atoms with E-state index < -0.39 is 5.79 Å². The van der Waals surface area contributed by atoms with E-state index in [4.69, 9.17) is 14.2 Å². The molecule has 0 aliphatic carbocycles. The third-order valence-corrected chi connectivity index (χ3v) is 3.14. The van der Waals surface area contributed by atoms with E-state index in [1.54, 1.807) is 6.07 Å². The molecular weight excluding hydrogens is 258 g/mol. The standard InChI is InChI=1S/C15H23NO4/c1-4-18-13-7-5-6-11(14(13)17)8-16-9-12-10-19-15(2,3)20-12/h5-7,12,16-17H,4,8-10H2,1-3H3. The van der Waals surface area contributed by atoms with Crippen molar-refractivity contribution in [3.63, 3.8) is 0 Å². The number of phenols is 1. The van der Waals surface area contributed by atoms with Gasteiger partial charge in [0, 0.05) is 18.7 Å². The highest BCUT2D eigenvalue weighted by Gasteiger charge is 2.32. The van der Waals surface area contributed by atoms with Crippen LogP contribution in [0.25, 0.3) is 0 Å². The van der Waals surface area contributed by atoms with E-state index in [1.807, 2.05) is 32.9 Å². The van der Waals surface area contributed by atoms with Crippen LogP contribution in [0.2, 0.25) is 0 Å². The van der Waals surface area contributed by atoms with Crippen molar-refractivity contribution in [2.75, 3.05) is 19.8 Å². The van der Waals surface area contributed by atoms with Crippen LogP contribution >= 0.6 is 0 Å². The van der Waals surface area contributed by atoms with Crippen molar-refractivity contribution in [3.8, 4) is 11.5 Å². The molecule has 0 aromatic heterocycles. The second-order valence-corrected chi connectivity index (χ2v) is 5.28. The van der Waals surface area contributed by atoms with Crippen molar-refractivity contribution >= 4 is 0 Å². The van der Waals surface area contributed by atoms with Gasteiger partial charge in [-0.1, -0.05) is 12.1 Å². The van der Waals surface area contributed by atoms with Gasteiger partial charge in [0.25, 0.3) is 0 Å². The summed E-state index contributed by atoms with van der Waals surface area (Å²) in [4.78, 5) is 0. The second kappa shape index (κ2) is 6.43. The number of nitrogens with one attached hydrogen (secondary N) is 1. The van der Waals surface area contributed by atoms with Gasteiger partial charge in [-0.3, -0.25) is 0 Å². The zero-order valence-electron chi connectivity index (χ0n) is 12.3. The molecule has 1 heterocycles. The molecule has 112 valence electrons. The summed E-state index contributed by atoms with van der Waals surface area (Å²) in [5.74, 6) is 0.225. The average molecular weight is 281 g/mol. The van der Waals surface area contributed by atoms with E-state index in [9.17, 15) is 5.11 Å². The number of hydrogen-bond acceptors (Lipinski definition) is 5. The molecule has 1 aromatic rings. The fraction of sp³-hybridized carbons (Fsp3) is 0.600. The predicted molar refractivity (Wildman–Crippen MR) is 75.9 cm³/mol. The molecule has 1 fully saturated rings. The van der Waals surface area contributed by atoms with E-state index in [0.717, 1.165) is 5.56 Å². The average Bonchev–Trinajstić information content (AvgIpc) is 2.74. The predicted octanol–water partition coefficient (Wildman–Crippen LogP) is 2.03. The summed E-state index contributed by atoms with van der Waals surface area (Å²) in [5, 5.41) is 13.3. The molecule has 5 nitrogen and oxygen atoms in total. The molecule has 0 bridgehead atoms. The van der Waals surface area contributed by atoms with Crippen LogP contribution in [0.3, 0.4) is 0 Å². The Bertz CT molecular complexity index is 447. The number of benzene rings is 1. The van der Waals surface area contributed by atoms with E-state index >= 15 is 0 Å². The highest BCUT2D eigenvalue weighted by atomic mass is 16.7. The van der Waals surface area contributed by atoms with Gasteiger partial charge in [-0.15, -0.1) is 0 Å². The lowest BCUT2D eigenvalue weighted by atomic mass is 10.2. The Morgan fingerprint density at radius 2 is 2.25 bits per heavy atom. The van der Waals surface area contributed by atoms with Crippen molar-refractivity contribution in [1.82, 2.24) is 5.32 Å². The minimum Gasteiger partial charge on any atom is -0.504 e. The summed E-state index contributed by atoms with van der Waals surface area (Å²) < 4.78 is 16.6. The molecule has 1 aromatic carbocycles. The summed E-state index contributed by atoms with van der Waals surface area (Å²) in [6.07, 6.45) is 0.0437. The number of hydrogen-bond donors (Lipinski definition) is 2. The monoisotopic (exact) mass is 281 g/mol. The van der Waals surface area contributed by atoms with Crippen LogP contribution in [0.15, 0.2) is 18.2 Å². The molecule has 2 N–H and O–H groups in total. The van der Waals surface area contributed by atoms with Crippen molar-refractivity contribution in [1.29, 1.82) is 0 Å². The minimum absolute atomic E-state index is 0.0437. The Morgan fingerprint density at radius 1 is 1.45 bits per heavy atom. The highest BCUT2D eigenvalue weighted by molar-refractivity contribution is 5.45. The van der Waals surface area contributed by atoms with Crippen LogP contribution in [0.1, 0.15) is 26.3 Å². The largest absolute Gasteiger partial charge is 0.504 e. The van der Waals surface area contributed by atoms with Gasteiger partial charge in [0.15, 0.2) is 17.3 Å². The summed E-state index contributed by atoms with van der Waals surface area (Å²) in [5.41, 5.74) is 0.814. The maximum absolute atomic E-state index is 10.1. The van der Waals surface area contributed by atoms with Gasteiger partial charge in [0.05, 0.1) is 19.3 Å². The lowest BCUT2D eigenvalue weighted by Crippen LogP contribution is -2.30. The van der Waals surface area contributed by atoms with Gasteiger partial charge in [0.1, 0.15) is 0 Å². The number of ether oxygens (including phenoxy) is 3. The molecule has 0 amide bonds. The first-order chi connectivity index (χ1) is 9.52. The van der Waals surface area contributed by atoms with E-state index in [-0.39, 0.29) is 11.9 Å². The quantitative estimate of drug-likeness (QED) is 0.835. The number of phenolic OH excluding ortho intramolecular Hbond substituents is 1. The molecule has 1 aliphatic heterocycles. The van der Waals surface area contributed by atoms with Crippen molar-refractivity contribution < 1.29 is 19.3 Å². The third kappa shape index (κ3) is 3.85. The molecule has 0 radical (unpaired) electrons. The van der Waals surface area contributed by atoms with Gasteiger partial charge in [0.2, 0.25) is 0 Å². The van der Waals surface area contributed by atoms with Crippen LogP contribution < -0.4 is 10.1 Å². The molecule has 1 atom stereocenters. The van der Waals surface area contributed by atoms with Crippen LogP contribution in [-0.2, 0) is 16.0 Å². The smallest absolute Gasteiger partial charge is 0.163 e. The zero-order valence-corrected chi connectivity index (χ0v) is 12.3. The van der Waals surface area contributed by atoms with Gasteiger partial charge in [-0.05, 0) is 26.8 Å². The van der Waals surface area contributed by atoms with Crippen molar-refractivity contribution in [3.05, 3.63) is 23.8 Å². The van der Waals surface area contributed by atoms with Crippen LogP contribution in [0.5, 0.6) is 11.5 Å². The third-order valence-electron chi connectivity index (χ3n) is 3.14. The van der Waals surface area contributed by atoms with Crippen LogP contribution in [-0.4, -0.2) is 36.8 Å². The van der Waals surface area contributed by atoms with Crippen LogP contribution in [0.4, 0.5) is 0 Å². The van der Waals surface area contributed by atoms with Gasteiger partial charge < -0.3 is 24.6 Å². The number of para-hydroxylation sites is 1. The Balaban J connectivity index is 1.84. The summed E-state index contributed by atoms with van der Waals surface area (Å²) in [6.45, 7) is 8.07. The molecule has 0 saturated carbocycles. The topological polar surface area (TPSA) is 60.0 Å². The second-order valence-electron chi connectivity index (χ2n) is 5.28.